The van der Waals surface area contributed by atoms with Gasteiger partial charge in [0, 0.05) is 24.7 Å². The van der Waals surface area contributed by atoms with Gasteiger partial charge in [-0.05, 0) is 19.3 Å². The van der Waals surface area contributed by atoms with Crippen molar-refractivity contribution in [1.29, 1.82) is 0 Å². The van der Waals surface area contributed by atoms with Gasteiger partial charge in [-0.25, -0.2) is 9.78 Å². The summed E-state index contributed by atoms with van der Waals surface area (Å²) in [5.74, 6) is -4.98. The van der Waals surface area contributed by atoms with Crippen LogP contribution in [0.1, 0.15) is 45.7 Å². The molecule has 1 aromatic rings. The summed E-state index contributed by atoms with van der Waals surface area (Å²) >= 11 is 0. The molecule has 1 heterocycles. The van der Waals surface area contributed by atoms with Crippen molar-refractivity contribution in [1.82, 2.24) is 25.9 Å². The van der Waals surface area contributed by atoms with Gasteiger partial charge in [0.05, 0.1) is 12.4 Å². The molecule has 0 aromatic carbocycles. The molecule has 33 heavy (non-hydrogen) atoms. The number of aliphatic carboxylic acids is 2. The average Bonchev–Trinajstić information content (AvgIpc) is 3.26. The lowest BCUT2D eigenvalue weighted by Crippen LogP contribution is -2.58. The van der Waals surface area contributed by atoms with Crippen LogP contribution in [0.2, 0.25) is 0 Å². The second-order valence-electron chi connectivity index (χ2n) is 7.83. The first-order chi connectivity index (χ1) is 15.5. The largest absolute Gasteiger partial charge is 0.481 e. The standard InChI is InChI=1S/C20H32N6O7/c1-4-10(2)16(20(32)33)26-19(31)14(7-12-8-22-9-23-12)25-18(30)13(5-6-15(27)28)24-17(29)11(3)21/h8-11,13-14,16H,4-7,21H2,1-3H3,(H,22,23)(H,24,29)(H,25,30)(H,26,31)(H,27,28)(H,32,33). The topological polar surface area (TPSA) is 217 Å². The van der Waals surface area contributed by atoms with Crippen molar-refractivity contribution in [3.05, 3.63) is 18.2 Å². The zero-order valence-electron chi connectivity index (χ0n) is 18.8. The van der Waals surface area contributed by atoms with E-state index in [-0.39, 0.29) is 18.8 Å². The van der Waals surface area contributed by atoms with Crippen LogP contribution in [0.15, 0.2) is 12.5 Å². The molecule has 0 fully saturated rings. The van der Waals surface area contributed by atoms with Crippen molar-refractivity contribution < 1.29 is 34.2 Å². The maximum Gasteiger partial charge on any atom is 0.326 e. The number of aromatic nitrogens is 2. The summed E-state index contributed by atoms with van der Waals surface area (Å²) in [6.45, 7) is 4.86. The van der Waals surface area contributed by atoms with E-state index < -0.39 is 60.2 Å². The van der Waals surface area contributed by atoms with Crippen LogP contribution in [0.3, 0.4) is 0 Å². The van der Waals surface area contributed by atoms with Gasteiger partial charge in [0.1, 0.15) is 18.1 Å². The van der Waals surface area contributed by atoms with Crippen molar-refractivity contribution in [3.63, 3.8) is 0 Å². The van der Waals surface area contributed by atoms with Gasteiger partial charge < -0.3 is 36.9 Å². The SMILES string of the molecule is CCC(C)C(NC(=O)C(Cc1cnc[nH]1)NC(=O)C(CCC(=O)O)NC(=O)C(C)N)C(=O)O. The van der Waals surface area contributed by atoms with E-state index in [9.17, 15) is 29.1 Å². The quantitative estimate of drug-likeness (QED) is 0.173. The Morgan fingerprint density at radius 3 is 2.12 bits per heavy atom. The third-order valence-electron chi connectivity index (χ3n) is 5.08. The molecule has 0 saturated heterocycles. The van der Waals surface area contributed by atoms with E-state index in [0.29, 0.717) is 12.1 Å². The lowest BCUT2D eigenvalue weighted by atomic mass is 9.98. The third kappa shape index (κ3) is 9.27. The molecule has 5 atom stereocenters. The Labute approximate surface area is 190 Å². The molecule has 5 unspecified atom stereocenters. The van der Waals surface area contributed by atoms with Crippen LogP contribution in [-0.2, 0) is 30.4 Å². The summed E-state index contributed by atoms with van der Waals surface area (Å²) in [6, 6.07) is -4.60. The normalized spacial score (nSPS) is 15.4. The van der Waals surface area contributed by atoms with Crippen LogP contribution in [0.4, 0.5) is 0 Å². The van der Waals surface area contributed by atoms with Gasteiger partial charge in [0.2, 0.25) is 17.7 Å². The van der Waals surface area contributed by atoms with Crippen LogP contribution < -0.4 is 21.7 Å². The van der Waals surface area contributed by atoms with Crippen molar-refractivity contribution in [2.24, 2.45) is 11.7 Å². The maximum atomic E-state index is 12.9. The Bertz CT molecular complexity index is 827. The first kappa shape index (κ1) is 27.6. The Kier molecular flexibility index (Phi) is 11.0. The second-order valence-corrected chi connectivity index (χ2v) is 7.83. The number of aromatic amines is 1. The van der Waals surface area contributed by atoms with Crippen molar-refractivity contribution >= 4 is 29.7 Å². The number of nitrogens with one attached hydrogen (secondary N) is 4. The van der Waals surface area contributed by atoms with Gasteiger partial charge in [0.15, 0.2) is 0 Å². The van der Waals surface area contributed by atoms with Gasteiger partial charge in [-0.1, -0.05) is 20.3 Å². The molecule has 13 heteroatoms. The summed E-state index contributed by atoms with van der Waals surface area (Å²) in [4.78, 5) is 67.0. The minimum absolute atomic E-state index is 0.0443. The number of carboxylic acid groups (broad SMARTS) is 2. The fraction of sp³-hybridized carbons (Fsp3) is 0.600. The molecular formula is C20H32N6O7. The summed E-state index contributed by atoms with van der Waals surface area (Å²) in [7, 11) is 0. The first-order valence-corrected chi connectivity index (χ1v) is 10.5. The van der Waals surface area contributed by atoms with Crippen molar-refractivity contribution in [2.45, 2.75) is 70.6 Å². The maximum absolute atomic E-state index is 12.9. The minimum atomic E-state index is -1.26. The highest BCUT2D eigenvalue weighted by Crippen LogP contribution is 2.10. The second kappa shape index (κ2) is 13.2. The molecular weight excluding hydrogens is 436 g/mol. The van der Waals surface area contributed by atoms with Gasteiger partial charge in [-0.3, -0.25) is 19.2 Å². The van der Waals surface area contributed by atoms with E-state index in [1.54, 1.807) is 13.8 Å². The number of carbonyl (C=O) groups is 5. The predicted molar refractivity (Wildman–Crippen MR) is 116 cm³/mol. The fourth-order valence-corrected chi connectivity index (χ4v) is 2.87. The van der Waals surface area contributed by atoms with Crippen LogP contribution >= 0.6 is 0 Å². The molecule has 8 N–H and O–H groups in total. The van der Waals surface area contributed by atoms with Gasteiger partial charge in [0.25, 0.3) is 0 Å². The highest BCUT2D eigenvalue weighted by Gasteiger charge is 2.32. The fourth-order valence-electron chi connectivity index (χ4n) is 2.87. The minimum Gasteiger partial charge on any atom is -0.481 e. The number of carbonyl (C=O) groups excluding carboxylic acids is 3. The van der Waals surface area contributed by atoms with E-state index in [1.807, 2.05) is 0 Å². The number of nitrogens with two attached hydrogens (primary N) is 1. The van der Waals surface area contributed by atoms with E-state index in [1.165, 1.54) is 19.4 Å². The van der Waals surface area contributed by atoms with Crippen molar-refractivity contribution in [3.8, 4) is 0 Å². The zero-order chi connectivity index (χ0) is 25.1. The number of nitrogens with zero attached hydrogens (tertiary/aromatic N) is 1. The van der Waals surface area contributed by atoms with Crippen LogP contribution in [0.25, 0.3) is 0 Å². The number of rotatable bonds is 14. The van der Waals surface area contributed by atoms with Gasteiger partial charge in [-0.2, -0.15) is 0 Å². The number of H-pyrrole nitrogens is 1. The van der Waals surface area contributed by atoms with E-state index in [2.05, 4.69) is 25.9 Å². The van der Waals surface area contributed by atoms with E-state index >= 15 is 0 Å². The highest BCUT2D eigenvalue weighted by atomic mass is 16.4. The lowest BCUT2D eigenvalue weighted by molar-refractivity contribution is -0.143. The predicted octanol–water partition coefficient (Wildman–Crippen LogP) is -1.25. The Balaban J connectivity index is 3.08. The van der Waals surface area contributed by atoms with Crippen LogP contribution in [0, 0.1) is 5.92 Å². The molecule has 0 saturated carbocycles. The molecule has 0 bridgehead atoms. The van der Waals surface area contributed by atoms with E-state index in [4.69, 9.17) is 10.8 Å². The van der Waals surface area contributed by atoms with Crippen molar-refractivity contribution in [2.75, 3.05) is 0 Å². The summed E-state index contributed by atoms with van der Waals surface area (Å²) in [6.07, 6.45) is 2.62. The molecule has 1 aromatic heterocycles. The molecule has 13 nitrogen and oxygen atoms in total. The summed E-state index contributed by atoms with van der Waals surface area (Å²) in [5.41, 5.74) is 6.01. The summed E-state index contributed by atoms with van der Waals surface area (Å²) in [5, 5.41) is 25.7. The third-order valence-corrected chi connectivity index (χ3v) is 5.08. The number of carboxylic acids is 2. The molecule has 3 amide bonds. The van der Waals surface area contributed by atoms with Crippen LogP contribution in [0.5, 0.6) is 0 Å². The van der Waals surface area contributed by atoms with Gasteiger partial charge in [-0.15, -0.1) is 0 Å². The number of hydrogen-bond acceptors (Lipinski definition) is 7. The van der Waals surface area contributed by atoms with Gasteiger partial charge >= 0.3 is 11.9 Å². The van der Waals surface area contributed by atoms with Crippen LogP contribution in [-0.4, -0.2) is 74.0 Å². The Hall–Kier alpha value is -3.48. The molecule has 0 aliphatic carbocycles. The highest BCUT2D eigenvalue weighted by molar-refractivity contribution is 5.94. The first-order valence-electron chi connectivity index (χ1n) is 10.5. The molecule has 0 aliphatic rings. The lowest BCUT2D eigenvalue weighted by Gasteiger charge is -2.26. The van der Waals surface area contributed by atoms with E-state index in [0.717, 1.165) is 0 Å². The number of hydrogen-bond donors (Lipinski definition) is 7. The Morgan fingerprint density at radius 1 is 1.03 bits per heavy atom. The average molecular weight is 469 g/mol. The number of amides is 3. The molecule has 0 aliphatic heterocycles. The molecule has 1 rings (SSSR count). The smallest absolute Gasteiger partial charge is 0.326 e. The zero-order valence-corrected chi connectivity index (χ0v) is 18.8. The summed E-state index contributed by atoms with van der Waals surface area (Å²) < 4.78 is 0. The molecule has 0 radical (unpaired) electrons. The number of imidazole rings is 1. The molecule has 184 valence electrons. The monoisotopic (exact) mass is 468 g/mol. The Morgan fingerprint density at radius 2 is 1.64 bits per heavy atom. The molecule has 0 spiro atoms.